The molecule has 0 spiro atoms. The Morgan fingerprint density at radius 1 is 1.31 bits per heavy atom. The quantitative estimate of drug-likeness (QED) is 0.824. The summed E-state index contributed by atoms with van der Waals surface area (Å²) < 4.78 is 11.2. The van der Waals surface area contributed by atoms with Crippen LogP contribution in [0.5, 0.6) is 5.75 Å². The van der Waals surface area contributed by atoms with Crippen LogP contribution in [0.2, 0.25) is 0 Å². The number of benzene rings is 1. The summed E-state index contributed by atoms with van der Waals surface area (Å²) in [6.07, 6.45) is 1.41. The van der Waals surface area contributed by atoms with Crippen LogP contribution >= 0.6 is 0 Å². The lowest BCUT2D eigenvalue weighted by Gasteiger charge is -2.20. The predicted octanol–water partition coefficient (Wildman–Crippen LogP) is 1.89. The summed E-state index contributed by atoms with van der Waals surface area (Å²) in [4.78, 5) is 0. The molecule has 0 aliphatic carbocycles. The summed E-state index contributed by atoms with van der Waals surface area (Å²) in [5.74, 6) is 1.02. The molecule has 0 amide bonds. The van der Waals surface area contributed by atoms with E-state index in [9.17, 15) is 0 Å². The highest BCUT2D eigenvalue weighted by molar-refractivity contribution is 5.39. The lowest BCUT2D eigenvalue weighted by molar-refractivity contribution is 0.110. The molecule has 3 atom stereocenters. The molecule has 3 heteroatoms. The summed E-state index contributed by atoms with van der Waals surface area (Å²) in [6.45, 7) is 3.74. The molecule has 2 aliphatic rings. The zero-order chi connectivity index (χ0) is 11.0. The van der Waals surface area contributed by atoms with E-state index in [1.807, 2.05) is 12.1 Å². The van der Waals surface area contributed by atoms with Crippen molar-refractivity contribution in [2.45, 2.75) is 31.5 Å². The monoisotopic (exact) mass is 219 g/mol. The van der Waals surface area contributed by atoms with E-state index >= 15 is 0 Å². The van der Waals surface area contributed by atoms with Crippen molar-refractivity contribution >= 4 is 0 Å². The van der Waals surface area contributed by atoms with E-state index in [0.717, 1.165) is 25.4 Å². The molecule has 0 aromatic heterocycles. The van der Waals surface area contributed by atoms with Crippen LogP contribution in [0.4, 0.5) is 0 Å². The van der Waals surface area contributed by atoms with Gasteiger partial charge in [0.1, 0.15) is 12.4 Å². The summed E-state index contributed by atoms with van der Waals surface area (Å²) in [7, 11) is 0. The fourth-order valence-corrected chi connectivity index (χ4v) is 2.51. The van der Waals surface area contributed by atoms with Crippen LogP contribution in [0.3, 0.4) is 0 Å². The Hall–Kier alpha value is -1.06. The number of fused-ring (bicyclic) bond motifs is 1. The van der Waals surface area contributed by atoms with Crippen molar-refractivity contribution < 1.29 is 9.47 Å². The van der Waals surface area contributed by atoms with Crippen molar-refractivity contribution in [2.75, 3.05) is 13.2 Å². The van der Waals surface area contributed by atoms with Crippen molar-refractivity contribution in [3.63, 3.8) is 0 Å². The van der Waals surface area contributed by atoms with Crippen LogP contribution in [0.15, 0.2) is 24.3 Å². The highest BCUT2D eigenvalue weighted by Crippen LogP contribution is 2.32. The molecule has 2 heterocycles. The number of para-hydroxylation sites is 1. The van der Waals surface area contributed by atoms with Gasteiger partial charge in [0, 0.05) is 18.2 Å². The second kappa shape index (κ2) is 4.07. The molecule has 1 saturated heterocycles. The lowest BCUT2D eigenvalue weighted by Crippen LogP contribution is -2.38. The number of rotatable bonds is 2. The highest BCUT2D eigenvalue weighted by Gasteiger charge is 2.30. The van der Waals surface area contributed by atoms with Crippen LogP contribution in [-0.2, 0) is 4.74 Å². The van der Waals surface area contributed by atoms with E-state index in [4.69, 9.17) is 9.47 Å². The van der Waals surface area contributed by atoms with Crippen LogP contribution in [0.25, 0.3) is 0 Å². The normalized spacial score (nSPS) is 32.4. The molecule has 0 bridgehead atoms. The van der Waals surface area contributed by atoms with Gasteiger partial charge in [-0.25, -0.2) is 0 Å². The molecular weight excluding hydrogens is 202 g/mol. The standard InChI is InChI=1S/C13H17NO2/c1-9-11(6-7-15-9)14-12-8-16-13-5-3-2-4-10(12)13/h2-5,9,11-12,14H,6-8H2,1H3. The van der Waals surface area contributed by atoms with Crippen LogP contribution in [0.1, 0.15) is 24.9 Å². The summed E-state index contributed by atoms with van der Waals surface area (Å²) in [5, 5.41) is 3.63. The maximum absolute atomic E-state index is 5.65. The van der Waals surface area contributed by atoms with E-state index in [-0.39, 0.29) is 0 Å². The molecule has 3 rings (SSSR count). The molecule has 1 aromatic carbocycles. The minimum absolute atomic E-state index is 0.313. The van der Waals surface area contributed by atoms with Gasteiger partial charge in [0.15, 0.2) is 0 Å². The third kappa shape index (κ3) is 1.70. The molecule has 0 saturated carbocycles. The minimum Gasteiger partial charge on any atom is -0.491 e. The molecule has 86 valence electrons. The highest BCUT2D eigenvalue weighted by atomic mass is 16.5. The summed E-state index contributed by atoms with van der Waals surface area (Å²) in [6, 6.07) is 9.04. The van der Waals surface area contributed by atoms with Crippen molar-refractivity contribution in [1.82, 2.24) is 5.32 Å². The largest absolute Gasteiger partial charge is 0.491 e. The maximum atomic E-state index is 5.65. The average Bonchev–Trinajstić information content (AvgIpc) is 2.88. The van der Waals surface area contributed by atoms with Gasteiger partial charge in [0.2, 0.25) is 0 Å². The van der Waals surface area contributed by atoms with E-state index in [1.165, 1.54) is 5.56 Å². The minimum atomic E-state index is 0.313. The van der Waals surface area contributed by atoms with E-state index in [2.05, 4.69) is 24.4 Å². The predicted molar refractivity (Wildman–Crippen MR) is 61.6 cm³/mol. The second-order valence-corrected chi connectivity index (χ2v) is 4.54. The van der Waals surface area contributed by atoms with E-state index in [1.54, 1.807) is 0 Å². The number of hydrogen-bond acceptors (Lipinski definition) is 3. The molecule has 3 nitrogen and oxygen atoms in total. The molecule has 0 radical (unpaired) electrons. The van der Waals surface area contributed by atoms with E-state index < -0.39 is 0 Å². The Labute approximate surface area is 95.8 Å². The first-order valence-electron chi connectivity index (χ1n) is 5.94. The van der Waals surface area contributed by atoms with Crippen molar-refractivity contribution in [2.24, 2.45) is 0 Å². The van der Waals surface area contributed by atoms with Gasteiger partial charge in [-0.2, -0.15) is 0 Å². The number of nitrogens with one attached hydrogen (secondary N) is 1. The SMILES string of the molecule is CC1OCCC1NC1COc2ccccc21. The molecule has 1 fully saturated rings. The summed E-state index contributed by atoms with van der Waals surface area (Å²) >= 11 is 0. The first-order valence-corrected chi connectivity index (χ1v) is 5.94. The topological polar surface area (TPSA) is 30.5 Å². The fraction of sp³-hybridized carbons (Fsp3) is 0.538. The van der Waals surface area contributed by atoms with Gasteiger partial charge in [-0.15, -0.1) is 0 Å². The van der Waals surface area contributed by atoms with Crippen molar-refractivity contribution in [3.8, 4) is 5.75 Å². The van der Waals surface area contributed by atoms with Gasteiger partial charge in [-0.3, -0.25) is 0 Å². The average molecular weight is 219 g/mol. The lowest BCUT2D eigenvalue weighted by atomic mass is 10.1. The molecule has 2 aliphatic heterocycles. The van der Waals surface area contributed by atoms with Gasteiger partial charge < -0.3 is 14.8 Å². The van der Waals surface area contributed by atoms with Gasteiger partial charge in [0.05, 0.1) is 12.1 Å². The van der Waals surface area contributed by atoms with Crippen molar-refractivity contribution in [1.29, 1.82) is 0 Å². The van der Waals surface area contributed by atoms with Crippen LogP contribution < -0.4 is 10.1 Å². The maximum Gasteiger partial charge on any atom is 0.124 e. The van der Waals surface area contributed by atoms with E-state index in [0.29, 0.717) is 18.2 Å². The number of ether oxygens (including phenoxy) is 2. The molecule has 1 N–H and O–H groups in total. The summed E-state index contributed by atoms with van der Waals surface area (Å²) in [5.41, 5.74) is 1.28. The van der Waals surface area contributed by atoms with Gasteiger partial charge in [-0.05, 0) is 19.4 Å². The fourth-order valence-electron chi connectivity index (χ4n) is 2.51. The smallest absolute Gasteiger partial charge is 0.124 e. The number of hydrogen-bond donors (Lipinski definition) is 1. The van der Waals surface area contributed by atoms with Crippen molar-refractivity contribution in [3.05, 3.63) is 29.8 Å². The zero-order valence-corrected chi connectivity index (χ0v) is 9.48. The van der Waals surface area contributed by atoms with Crippen LogP contribution in [0, 0.1) is 0 Å². The third-order valence-electron chi connectivity index (χ3n) is 3.49. The van der Waals surface area contributed by atoms with Gasteiger partial charge in [-0.1, -0.05) is 18.2 Å². The zero-order valence-electron chi connectivity index (χ0n) is 9.48. The molecule has 16 heavy (non-hydrogen) atoms. The molecular formula is C13H17NO2. The molecule has 3 unspecified atom stereocenters. The Kier molecular flexibility index (Phi) is 2.58. The Morgan fingerprint density at radius 3 is 3.00 bits per heavy atom. The van der Waals surface area contributed by atoms with Gasteiger partial charge >= 0.3 is 0 Å². The van der Waals surface area contributed by atoms with Gasteiger partial charge in [0.25, 0.3) is 0 Å². The molecule has 1 aromatic rings. The first kappa shape index (κ1) is 10.1. The Bertz CT molecular complexity index is 380. The Morgan fingerprint density at radius 2 is 2.19 bits per heavy atom. The Balaban J connectivity index is 1.73. The second-order valence-electron chi connectivity index (χ2n) is 4.54. The third-order valence-corrected chi connectivity index (χ3v) is 3.49. The first-order chi connectivity index (χ1) is 7.84. The van der Waals surface area contributed by atoms with Crippen LogP contribution in [-0.4, -0.2) is 25.4 Å².